The molecule has 1 aromatic carbocycles. The Labute approximate surface area is 129 Å². The summed E-state index contributed by atoms with van der Waals surface area (Å²) in [5, 5.41) is 3.51. The van der Waals surface area contributed by atoms with E-state index >= 15 is 0 Å². The van der Waals surface area contributed by atoms with Crippen molar-refractivity contribution in [2.75, 3.05) is 13.2 Å². The number of ether oxygens (including phenoxy) is 2. The molecule has 118 valence electrons. The first-order valence-electron chi connectivity index (χ1n) is 8.12. The van der Waals surface area contributed by atoms with E-state index in [2.05, 4.69) is 44.3 Å². The Balaban J connectivity index is 1.76. The van der Waals surface area contributed by atoms with Gasteiger partial charge < -0.3 is 14.8 Å². The van der Waals surface area contributed by atoms with Crippen molar-refractivity contribution in [3.05, 3.63) is 29.8 Å². The van der Waals surface area contributed by atoms with Gasteiger partial charge in [-0.15, -0.1) is 0 Å². The molecule has 0 amide bonds. The second kappa shape index (κ2) is 7.81. The molecule has 1 N–H and O–H groups in total. The van der Waals surface area contributed by atoms with Crippen molar-refractivity contribution in [3.63, 3.8) is 0 Å². The maximum absolute atomic E-state index is 5.97. The lowest BCUT2D eigenvalue weighted by Gasteiger charge is -2.21. The van der Waals surface area contributed by atoms with Crippen molar-refractivity contribution in [1.29, 1.82) is 0 Å². The molecule has 2 rings (SSSR count). The minimum atomic E-state index is 0.118. The fourth-order valence-electron chi connectivity index (χ4n) is 2.52. The minimum Gasteiger partial charge on any atom is -0.493 e. The monoisotopic (exact) mass is 291 g/mol. The van der Waals surface area contributed by atoms with Crippen LogP contribution in [0.5, 0.6) is 5.75 Å². The van der Waals surface area contributed by atoms with Gasteiger partial charge in [0.05, 0.1) is 12.7 Å². The van der Waals surface area contributed by atoms with Crippen LogP contribution in [0.25, 0.3) is 0 Å². The van der Waals surface area contributed by atoms with Gasteiger partial charge in [0.1, 0.15) is 5.75 Å². The number of para-hydroxylation sites is 1. The molecule has 0 bridgehead atoms. The largest absolute Gasteiger partial charge is 0.493 e. The lowest BCUT2D eigenvalue weighted by atomic mass is 10.1. The highest BCUT2D eigenvalue weighted by Gasteiger charge is 2.15. The van der Waals surface area contributed by atoms with Crippen molar-refractivity contribution >= 4 is 0 Å². The fraction of sp³-hybridized carbons (Fsp3) is 0.667. The molecule has 0 radical (unpaired) electrons. The highest BCUT2D eigenvalue weighted by atomic mass is 16.5. The Morgan fingerprint density at radius 1 is 1.29 bits per heavy atom. The molecule has 0 aromatic heterocycles. The average Bonchev–Trinajstić information content (AvgIpc) is 2.95. The van der Waals surface area contributed by atoms with Crippen LogP contribution < -0.4 is 10.1 Å². The molecule has 1 aliphatic rings. The van der Waals surface area contributed by atoms with Gasteiger partial charge in [0.15, 0.2) is 0 Å². The van der Waals surface area contributed by atoms with Crippen molar-refractivity contribution in [1.82, 2.24) is 5.32 Å². The average molecular weight is 291 g/mol. The van der Waals surface area contributed by atoms with Gasteiger partial charge in [-0.25, -0.2) is 0 Å². The Kier molecular flexibility index (Phi) is 6.07. The summed E-state index contributed by atoms with van der Waals surface area (Å²) in [5.74, 6) is 1.00. The van der Waals surface area contributed by atoms with E-state index in [0.717, 1.165) is 38.3 Å². The highest BCUT2D eigenvalue weighted by Crippen LogP contribution is 2.20. The van der Waals surface area contributed by atoms with E-state index in [1.54, 1.807) is 0 Å². The van der Waals surface area contributed by atoms with E-state index in [9.17, 15) is 0 Å². The zero-order valence-corrected chi connectivity index (χ0v) is 13.7. The summed E-state index contributed by atoms with van der Waals surface area (Å²) in [6, 6.07) is 8.30. The van der Waals surface area contributed by atoms with Gasteiger partial charge in [-0.1, -0.05) is 18.2 Å². The Morgan fingerprint density at radius 2 is 2.10 bits per heavy atom. The summed E-state index contributed by atoms with van der Waals surface area (Å²) >= 11 is 0. The SMILES string of the molecule is CC(C)(C)NCc1ccccc1OCCCC1CCCO1. The zero-order valence-electron chi connectivity index (χ0n) is 13.7. The van der Waals surface area contributed by atoms with Crippen LogP contribution in [0.1, 0.15) is 52.0 Å². The van der Waals surface area contributed by atoms with Gasteiger partial charge >= 0.3 is 0 Å². The molecule has 1 aromatic rings. The van der Waals surface area contributed by atoms with Crippen LogP contribution in [0.2, 0.25) is 0 Å². The van der Waals surface area contributed by atoms with Crippen molar-refractivity contribution in [2.45, 2.75) is 64.6 Å². The van der Waals surface area contributed by atoms with Gasteiger partial charge in [-0.2, -0.15) is 0 Å². The van der Waals surface area contributed by atoms with Gasteiger partial charge in [-0.05, 0) is 52.5 Å². The highest BCUT2D eigenvalue weighted by molar-refractivity contribution is 5.33. The minimum absolute atomic E-state index is 0.118. The quantitative estimate of drug-likeness (QED) is 0.773. The molecule has 1 saturated heterocycles. The maximum Gasteiger partial charge on any atom is 0.123 e. The van der Waals surface area contributed by atoms with Crippen LogP contribution in [-0.2, 0) is 11.3 Å². The topological polar surface area (TPSA) is 30.5 Å². The summed E-state index contributed by atoms with van der Waals surface area (Å²) in [6.45, 7) is 9.08. The summed E-state index contributed by atoms with van der Waals surface area (Å²) in [4.78, 5) is 0. The Morgan fingerprint density at radius 3 is 2.81 bits per heavy atom. The fourth-order valence-corrected chi connectivity index (χ4v) is 2.52. The number of nitrogens with one attached hydrogen (secondary N) is 1. The molecule has 0 saturated carbocycles. The smallest absolute Gasteiger partial charge is 0.123 e. The van der Waals surface area contributed by atoms with Crippen LogP contribution in [0.15, 0.2) is 24.3 Å². The molecular formula is C18H29NO2. The van der Waals surface area contributed by atoms with Crippen molar-refractivity contribution in [3.8, 4) is 5.75 Å². The van der Waals surface area contributed by atoms with Gasteiger partial charge in [0.2, 0.25) is 0 Å². The van der Waals surface area contributed by atoms with Gasteiger partial charge in [0.25, 0.3) is 0 Å². The molecule has 3 heteroatoms. The Bertz CT molecular complexity index is 419. The third-order valence-corrected chi connectivity index (χ3v) is 3.73. The predicted octanol–water partition coefficient (Wildman–Crippen LogP) is 3.91. The third kappa shape index (κ3) is 6.06. The molecule has 21 heavy (non-hydrogen) atoms. The molecule has 1 atom stereocenters. The van der Waals surface area contributed by atoms with Crippen LogP contribution in [0.4, 0.5) is 0 Å². The number of benzene rings is 1. The molecule has 1 heterocycles. The predicted molar refractivity (Wildman–Crippen MR) is 86.7 cm³/mol. The standard InChI is InChI=1S/C18H29NO2/c1-18(2,3)19-14-15-8-4-5-11-17(15)21-13-7-10-16-9-6-12-20-16/h4-5,8,11,16,19H,6-7,9-10,12-14H2,1-3H3. The molecule has 3 nitrogen and oxygen atoms in total. The first-order valence-corrected chi connectivity index (χ1v) is 8.12. The summed E-state index contributed by atoms with van der Waals surface area (Å²) in [5.41, 5.74) is 1.34. The molecule has 1 unspecified atom stereocenters. The lowest BCUT2D eigenvalue weighted by Crippen LogP contribution is -2.35. The van der Waals surface area contributed by atoms with Crippen LogP contribution >= 0.6 is 0 Å². The van der Waals surface area contributed by atoms with Gasteiger partial charge in [-0.3, -0.25) is 0 Å². The van der Waals surface area contributed by atoms with Crippen LogP contribution in [0, 0.1) is 0 Å². The summed E-state index contributed by atoms with van der Waals surface area (Å²) in [7, 11) is 0. The molecule has 1 fully saturated rings. The van der Waals surface area contributed by atoms with Gasteiger partial charge in [0, 0.05) is 24.3 Å². The number of rotatable bonds is 7. The molecule has 1 aliphatic heterocycles. The molecule has 0 spiro atoms. The van der Waals surface area contributed by atoms with E-state index in [0.29, 0.717) is 6.10 Å². The maximum atomic E-state index is 5.97. The number of hydrogen-bond donors (Lipinski definition) is 1. The lowest BCUT2D eigenvalue weighted by molar-refractivity contribution is 0.0981. The normalized spacial score (nSPS) is 18.9. The van der Waals surface area contributed by atoms with Crippen LogP contribution in [0.3, 0.4) is 0 Å². The Hall–Kier alpha value is -1.06. The van der Waals surface area contributed by atoms with Crippen molar-refractivity contribution < 1.29 is 9.47 Å². The first-order chi connectivity index (χ1) is 10.0. The number of hydrogen-bond acceptors (Lipinski definition) is 3. The van der Waals surface area contributed by atoms with Crippen LogP contribution in [-0.4, -0.2) is 24.9 Å². The van der Waals surface area contributed by atoms with E-state index in [1.165, 1.54) is 18.4 Å². The zero-order chi connectivity index (χ0) is 15.1. The first kappa shape index (κ1) is 16.3. The van der Waals surface area contributed by atoms with E-state index in [4.69, 9.17) is 9.47 Å². The van der Waals surface area contributed by atoms with E-state index < -0.39 is 0 Å². The second-order valence-electron chi connectivity index (χ2n) is 6.84. The van der Waals surface area contributed by atoms with E-state index in [1.807, 2.05) is 6.07 Å². The summed E-state index contributed by atoms with van der Waals surface area (Å²) < 4.78 is 11.6. The third-order valence-electron chi connectivity index (χ3n) is 3.73. The summed E-state index contributed by atoms with van der Waals surface area (Å²) in [6.07, 6.45) is 5.07. The van der Waals surface area contributed by atoms with E-state index in [-0.39, 0.29) is 5.54 Å². The van der Waals surface area contributed by atoms with Crippen molar-refractivity contribution in [2.24, 2.45) is 0 Å². The molecular weight excluding hydrogens is 262 g/mol. The molecule has 0 aliphatic carbocycles. The second-order valence-corrected chi connectivity index (χ2v) is 6.84.